The number of nitrogens with zero attached hydrogens (tertiary/aromatic N) is 3. The lowest BCUT2D eigenvalue weighted by molar-refractivity contribution is 0.0937. The van der Waals surface area contributed by atoms with Gasteiger partial charge in [-0.3, -0.25) is 4.79 Å². The van der Waals surface area contributed by atoms with Gasteiger partial charge in [0.25, 0.3) is 5.91 Å². The van der Waals surface area contributed by atoms with Gasteiger partial charge in [-0.15, -0.1) is 0 Å². The van der Waals surface area contributed by atoms with E-state index in [0.717, 1.165) is 12.2 Å². The number of ether oxygens (including phenoxy) is 1. The van der Waals surface area contributed by atoms with Gasteiger partial charge in [-0.2, -0.15) is 4.98 Å². The number of aromatic nitrogens is 2. The molecule has 0 aromatic carbocycles. The summed E-state index contributed by atoms with van der Waals surface area (Å²) in [6, 6.07) is 1.65. The molecule has 4 rings (SSSR count). The van der Waals surface area contributed by atoms with E-state index in [4.69, 9.17) is 14.1 Å². The van der Waals surface area contributed by atoms with Gasteiger partial charge in [-0.1, -0.05) is 13.0 Å². The number of carbonyl (C=O) groups excluding carboxylic acids is 1. The van der Waals surface area contributed by atoms with Crippen molar-refractivity contribution >= 4 is 28.8 Å². The third-order valence-electron chi connectivity index (χ3n) is 5.43. The molecule has 0 atom stereocenters. The lowest BCUT2D eigenvalue weighted by Gasteiger charge is -2.27. The summed E-state index contributed by atoms with van der Waals surface area (Å²) in [6.45, 7) is 4.77. The van der Waals surface area contributed by atoms with Gasteiger partial charge in [0, 0.05) is 33.3 Å². The number of furan rings is 1. The zero-order chi connectivity index (χ0) is 21.8. The fraction of sp³-hybridized carbons (Fsp3) is 0.500. The van der Waals surface area contributed by atoms with Crippen molar-refractivity contribution in [1.29, 1.82) is 0 Å². The highest BCUT2D eigenvalue weighted by Crippen LogP contribution is 2.37. The summed E-state index contributed by atoms with van der Waals surface area (Å²) in [4.78, 5) is 23.6. The lowest BCUT2D eigenvalue weighted by atomic mass is 10.1. The molecule has 1 saturated carbocycles. The van der Waals surface area contributed by atoms with Crippen LogP contribution in [0, 0.1) is 5.92 Å². The predicted octanol–water partition coefficient (Wildman–Crippen LogP) is 2.64. The van der Waals surface area contributed by atoms with Gasteiger partial charge < -0.3 is 30.0 Å². The largest absolute Gasteiger partial charge is 0.445 e. The molecule has 2 aromatic rings. The van der Waals surface area contributed by atoms with E-state index in [2.05, 4.69) is 44.9 Å². The van der Waals surface area contributed by atoms with E-state index in [1.165, 1.54) is 18.4 Å². The van der Waals surface area contributed by atoms with Crippen LogP contribution in [0.25, 0.3) is 11.1 Å². The molecule has 3 heterocycles. The Kier molecular flexibility index (Phi) is 6.41. The Labute approximate surface area is 181 Å². The summed E-state index contributed by atoms with van der Waals surface area (Å²) in [7, 11) is 3.45. The summed E-state index contributed by atoms with van der Waals surface area (Å²) in [5.74, 6) is 2.49. The van der Waals surface area contributed by atoms with E-state index in [9.17, 15) is 4.79 Å². The number of hydrogen-bond acceptors (Lipinski definition) is 8. The number of allylic oxidation sites excluding steroid dienone is 3. The first-order valence-electron chi connectivity index (χ1n) is 10.9. The first-order chi connectivity index (χ1) is 15.1. The Morgan fingerprint density at radius 2 is 2.00 bits per heavy atom. The summed E-state index contributed by atoms with van der Waals surface area (Å²) in [5, 5.41) is 9.11. The molecule has 2 aliphatic rings. The monoisotopic (exact) mass is 426 g/mol. The van der Waals surface area contributed by atoms with Gasteiger partial charge in [-0.05, 0) is 36.8 Å². The molecule has 1 aliphatic heterocycles. The summed E-state index contributed by atoms with van der Waals surface area (Å²) in [5.41, 5.74) is 2.42. The molecule has 0 bridgehead atoms. The smallest absolute Gasteiger partial charge is 0.286 e. The van der Waals surface area contributed by atoms with Crippen LogP contribution < -0.4 is 20.9 Å². The molecule has 1 amide bonds. The molecule has 9 nitrogen and oxygen atoms in total. The average molecular weight is 427 g/mol. The van der Waals surface area contributed by atoms with Gasteiger partial charge in [0.05, 0.1) is 13.2 Å². The van der Waals surface area contributed by atoms with Crippen molar-refractivity contribution < 1.29 is 13.9 Å². The summed E-state index contributed by atoms with van der Waals surface area (Å²) in [6.07, 6.45) is 7.88. The molecule has 2 aromatic heterocycles. The Bertz CT molecular complexity index is 1000. The second-order valence-corrected chi connectivity index (χ2v) is 7.69. The van der Waals surface area contributed by atoms with Crippen molar-refractivity contribution in [3.05, 3.63) is 35.4 Å². The molecule has 0 radical (unpaired) electrons. The van der Waals surface area contributed by atoms with Crippen molar-refractivity contribution in [3.8, 4) is 0 Å². The van der Waals surface area contributed by atoms with Crippen molar-refractivity contribution in [3.63, 3.8) is 0 Å². The minimum atomic E-state index is -0.296. The highest BCUT2D eigenvalue weighted by Gasteiger charge is 2.25. The number of nitrogens with one attached hydrogen (secondary N) is 3. The van der Waals surface area contributed by atoms with Crippen LogP contribution in [0.5, 0.6) is 0 Å². The minimum absolute atomic E-state index is 0.213. The number of anilines is 2. The second kappa shape index (κ2) is 9.38. The fourth-order valence-corrected chi connectivity index (χ4v) is 3.65. The first-order valence-corrected chi connectivity index (χ1v) is 10.9. The summed E-state index contributed by atoms with van der Waals surface area (Å²) < 4.78 is 11.3. The van der Waals surface area contributed by atoms with Crippen LogP contribution in [0.15, 0.2) is 34.0 Å². The van der Waals surface area contributed by atoms with Crippen LogP contribution in [0.4, 0.5) is 11.8 Å². The molecular formula is C22H30N6O3. The molecule has 0 unspecified atom stereocenters. The van der Waals surface area contributed by atoms with Crippen molar-refractivity contribution in [2.45, 2.75) is 26.2 Å². The topological polar surface area (TPSA) is 105 Å². The highest BCUT2D eigenvalue weighted by atomic mass is 16.5. The number of hydrogen-bond donors (Lipinski definition) is 3. The number of fused-ring (bicyclic) bond motifs is 1. The second-order valence-electron chi connectivity index (χ2n) is 7.69. The maximum Gasteiger partial charge on any atom is 0.286 e. The fourth-order valence-electron chi connectivity index (χ4n) is 3.65. The SMILES string of the molecule is CC/C=C(\C=C(/NC)Nc1nc(N2CCOCC2)c2oc(C(=O)NC)cc2n1)C1CC1. The average Bonchev–Trinajstić information content (AvgIpc) is 3.56. The quantitative estimate of drug-likeness (QED) is 0.554. The van der Waals surface area contributed by atoms with Crippen LogP contribution in [0.3, 0.4) is 0 Å². The molecule has 0 spiro atoms. The maximum absolute atomic E-state index is 12.1. The Hall–Kier alpha value is -3.07. The van der Waals surface area contributed by atoms with Gasteiger partial charge in [-0.25, -0.2) is 4.98 Å². The van der Waals surface area contributed by atoms with Crippen LogP contribution >= 0.6 is 0 Å². The Balaban J connectivity index is 1.71. The number of amides is 1. The molecule has 2 fully saturated rings. The number of morpholine rings is 1. The van der Waals surface area contributed by atoms with E-state index in [-0.39, 0.29) is 11.7 Å². The van der Waals surface area contributed by atoms with E-state index < -0.39 is 0 Å². The Morgan fingerprint density at radius 1 is 1.23 bits per heavy atom. The minimum Gasteiger partial charge on any atom is -0.445 e. The van der Waals surface area contributed by atoms with E-state index in [1.54, 1.807) is 13.1 Å². The maximum atomic E-state index is 12.1. The summed E-state index contributed by atoms with van der Waals surface area (Å²) >= 11 is 0. The number of carbonyl (C=O) groups is 1. The van der Waals surface area contributed by atoms with Crippen LogP contribution in [0.2, 0.25) is 0 Å². The zero-order valence-corrected chi connectivity index (χ0v) is 18.3. The van der Waals surface area contributed by atoms with E-state index in [0.29, 0.717) is 55.1 Å². The van der Waals surface area contributed by atoms with Crippen LogP contribution in [-0.4, -0.2) is 56.3 Å². The Morgan fingerprint density at radius 3 is 2.65 bits per heavy atom. The third kappa shape index (κ3) is 4.82. The normalized spacial score (nSPS) is 17.7. The van der Waals surface area contributed by atoms with E-state index >= 15 is 0 Å². The van der Waals surface area contributed by atoms with Gasteiger partial charge in [0.1, 0.15) is 11.3 Å². The molecule has 166 valence electrons. The third-order valence-corrected chi connectivity index (χ3v) is 5.43. The van der Waals surface area contributed by atoms with Gasteiger partial charge in [0.15, 0.2) is 17.2 Å². The molecule has 1 saturated heterocycles. The first kappa shape index (κ1) is 21.2. The van der Waals surface area contributed by atoms with E-state index in [1.807, 2.05) is 7.05 Å². The molecular weight excluding hydrogens is 396 g/mol. The van der Waals surface area contributed by atoms with Crippen molar-refractivity contribution in [2.24, 2.45) is 5.92 Å². The predicted molar refractivity (Wildman–Crippen MR) is 120 cm³/mol. The highest BCUT2D eigenvalue weighted by molar-refractivity contribution is 5.97. The van der Waals surface area contributed by atoms with Gasteiger partial charge >= 0.3 is 0 Å². The van der Waals surface area contributed by atoms with Gasteiger partial charge in [0.2, 0.25) is 5.95 Å². The zero-order valence-electron chi connectivity index (χ0n) is 18.3. The molecule has 1 aliphatic carbocycles. The lowest BCUT2D eigenvalue weighted by Crippen LogP contribution is -2.37. The molecule has 9 heteroatoms. The molecule has 31 heavy (non-hydrogen) atoms. The molecule has 3 N–H and O–H groups in total. The van der Waals surface area contributed by atoms with Crippen molar-refractivity contribution in [2.75, 3.05) is 50.6 Å². The van der Waals surface area contributed by atoms with Crippen molar-refractivity contribution in [1.82, 2.24) is 20.6 Å². The van der Waals surface area contributed by atoms with Crippen LogP contribution in [-0.2, 0) is 4.74 Å². The number of rotatable bonds is 8. The van der Waals surface area contributed by atoms with Crippen LogP contribution in [0.1, 0.15) is 36.7 Å². The standard InChI is InChI=1S/C22H30N6O3/c1-4-5-15(14-6-7-14)12-18(23-2)26-22-25-16-13-17(21(29)24-3)31-19(16)20(27-22)28-8-10-30-11-9-28/h5,12-14,23H,4,6-11H2,1-3H3,(H,24,29)(H,25,26,27)/b15-5+,18-12+.